The van der Waals surface area contributed by atoms with Crippen molar-refractivity contribution in [2.45, 2.75) is 0 Å². The Kier molecular flexibility index (Phi) is 2.30. The van der Waals surface area contributed by atoms with Gasteiger partial charge in [-0.2, -0.15) is 0 Å². The summed E-state index contributed by atoms with van der Waals surface area (Å²) in [5, 5.41) is 10.8. The molecular formula is C13H9N3O2. The van der Waals surface area contributed by atoms with Gasteiger partial charge in [0, 0.05) is 17.8 Å². The lowest BCUT2D eigenvalue weighted by Crippen LogP contribution is -2.05. The molecule has 2 heterocycles. The molecule has 0 spiro atoms. The normalized spacial score (nSPS) is 10.7. The second kappa shape index (κ2) is 3.96. The van der Waals surface area contributed by atoms with Gasteiger partial charge in [-0.25, -0.2) is 14.8 Å². The van der Waals surface area contributed by atoms with E-state index in [1.807, 2.05) is 24.3 Å². The van der Waals surface area contributed by atoms with Gasteiger partial charge < -0.3 is 5.11 Å². The Balaban J connectivity index is 2.37. The van der Waals surface area contributed by atoms with Gasteiger partial charge in [0.05, 0.1) is 0 Å². The van der Waals surface area contributed by atoms with Gasteiger partial charge in [-0.05, 0) is 11.5 Å². The Morgan fingerprint density at radius 2 is 2.11 bits per heavy atom. The fraction of sp³-hybridized carbons (Fsp3) is 0. The summed E-state index contributed by atoms with van der Waals surface area (Å²) in [5.74, 6) is -0.467. The van der Waals surface area contributed by atoms with Crippen LogP contribution in [0, 0.1) is 0 Å². The van der Waals surface area contributed by atoms with E-state index in [0.717, 1.165) is 10.8 Å². The number of aromatic carboxylic acids is 1. The van der Waals surface area contributed by atoms with Crippen molar-refractivity contribution in [2.24, 2.45) is 0 Å². The van der Waals surface area contributed by atoms with Gasteiger partial charge in [-0.15, -0.1) is 0 Å². The van der Waals surface area contributed by atoms with Crippen LogP contribution in [-0.2, 0) is 0 Å². The van der Waals surface area contributed by atoms with Crippen LogP contribution in [0.1, 0.15) is 10.5 Å². The van der Waals surface area contributed by atoms with Crippen molar-refractivity contribution in [3.8, 4) is 5.82 Å². The predicted molar refractivity (Wildman–Crippen MR) is 65.8 cm³/mol. The highest BCUT2D eigenvalue weighted by Crippen LogP contribution is 2.21. The van der Waals surface area contributed by atoms with E-state index in [-0.39, 0.29) is 5.69 Å². The maximum absolute atomic E-state index is 11.1. The average Bonchev–Trinajstić information content (AvgIpc) is 2.91. The summed E-state index contributed by atoms with van der Waals surface area (Å²) in [5.41, 5.74) is 0.0254. The molecule has 18 heavy (non-hydrogen) atoms. The molecule has 0 aliphatic carbocycles. The summed E-state index contributed by atoms with van der Waals surface area (Å²) in [7, 11) is 0. The van der Waals surface area contributed by atoms with E-state index in [2.05, 4.69) is 9.97 Å². The smallest absolute Gasteiger partial charge is 0.354 e. The number of carboxylic acids is 1. The molecule has 0 aliphatic rings. The second-order valence-corrected chi connectivity index (χ2v) is 3.83. The molecule has 0 radical (unpaired) electrons. The second-order valence-electron chi connectivity index (χ2n) is 3.83. The first-order valence-electron chi connectivity index (χ1n) is 5.37. The molecule has 2 aromatic heterocycles. The van der Waals surface area contributed by atoms with Crippen molar-refractivity contribution < 1.29 is 9.90 Å². The highest BCUT2D eigenvalue weighted by atomic mass is 16.4. The Bertz CT molecular complexity index is 720. The van der Waals surface area contributed by atoms with Gasteiger partial charge in [0.25, 0.3) is 0 Å². The molecule has 5 heteroatoms. The minimum absolute atomic E-state index is 0.0254. The SMILES string of the molecule is O=C(O)c1cc2ccccc2c(-n2ccnc2)n1. The van der Waals surface area contributed by atoms with Crippen molar-refractivity contribution in [1.82, 2.24) is 14.5 Å². The minimum Gasteiger partial charge on any atom is -0.477 e. The van der Waals surface area contributed by atoms with E-state index in [0.29, 0.717) is 5.82 Å². The fourth-order valence-corrected chi connectivity index (χ4v) is 1.87. The number of carbonyl (C=O) groups is 1. The minimum atomic E-state index is -1.04. The standard InChI is InChI=1S/C13H9N3O2/c17-13(18)11-7-9-3-1-2-4-10(9)12(15-11)16-6-5-14-8-16/h1-8H,(H,17,18). The Morgan fingerprint density at radius 1 is 1.28 bits per heavy atom. The summed E-state index contributed by atoms with van der Waals surface area (Å²) < 4.78 is 1.70. The van der Waals surface area contributed by atoms with Gasteiger partial charge in [0.2, 0.25) is 0 Å². The van der Waals surface area contributed by atoms with E-state index >= 15 is 0 Å². The molecule has 0 saturated carbocycles. The molecule has 1 N–H and O–H groups in total. The predicted octanol–water partition coefficient (Wildman–Crippen LogP) is 2.12. The van der Waals surface area contributed by atoms with Gasteiger partial charge >= 0.3 is 5.97 Å². The summed E-state index contributed by atoms with van der Waals surface area (Å²) in [6.45, 7) is 0. The number of hydrogen-bond donors (Lipinski definition) is 1. The van der Waals surface area contributed by atoms with Crippen LogP contribution < -0.4 is 0 Å². The van der Waals surface area contributed by atoms with E-state index in [9.17, 15) is 4.79 Å². The molecule has 0 bridgehead atoms. The van der Waals surface area contributed by atoms with Crippen molar-refractivity contribution in [3.63, 3.8) is 0 Å². The number of hydrogen-bond acceptors (Lipinski definition) is 3. The maximum Gasteiger partial charge on any atom is 0.354 e. The van der Waals surface area contributed by atoms with Crippen molar-refractivity contribution in [2.75, 3.05) is 0 Å². The third-order valence-electron chi connectivity index (χ3n) is 2.69. The molecule has 5 nitrogen and oxygen atoms in total. The lowest BCUT2D eigenvalue weighted by molar-refractivity contribution is 0.0690. The number of benzene rings is 1. The highest BCUT2D eigenvalue weighted by molar-refractivity contribution is 5.95. The lowest BCUT2D eigenvalue weighted by atomic mass is 10.1. The fourth-order valence-electron chi connectivity index (χ4n) is 1.87. The van der Waals surface area contributed by atoms with Gasteiger partial charge in [-0.1, -0.05) is 24.3 Å². The summed E-state index contributed by atoms with van der Waals surface area (Å²) in [6.07, 6.45) is 4.96. The molecule has 1 aromatic carbocycles. The number of pyridine rings is 1. The third kappa shape index (κ3) is 1.62. The zero-order chi connectivity index (χ0) is 12.5. The van der Waals surface area contributed by atoms with Crippen LogP contribution in [0.25, 0.3) is 16.6 Å². The van der Waals surface area contributed by atoms with Crippen LogP contribution in [0.3, 0.4) is 0 Å². The van der Waals surface area contributed by atoms with Gasteiger partial charge in [-0.3, -0.25) is 4.57 Å². The number of imidazole rings is 1. The van der Waals surface area contributed by atoms with Crippen molar-refractivity contribution in [3.05, 3.63) is 54.7 Å². The van der Waals surface area contributed by atoms with Crippen molar-refractivity contribution in [1.29, 1.82) is 0 Å². The van der Waals surface area contributed by atoms with Crippen LogP contribution in [0.2, 0.25) is 0 Å². The number of carboxylic acid groups (broad SMARTS) is 1. The highest BCUT2D eigenvalue weighted by Gasteiger charge is 2.11. The largest absolute Gasteiger partial charge is 0.477 e. The molecule has 0 atom stereocenters. The molecule has 0 amide bonds. The first-order valence-corrected chi connectivity index (χ1v) is 5.37. The number of nitrogens with zero attached hydrogens (tertiary/aromatic N) is 3. The van der Waals surface area contributed by atoms with Crippen LogP contribution in [0.5, 0.6) is 0 Å². The summed E-state index contributed by atoms with van der Waals surface area (Å²) >= 11 is 0. The molecule has 0 fully saturated rings. The molecule has 3 aromatic rings. The zero-order valence-corrected chi connectivity index (χ0v) is 9.32. The van der Waals surface area contributed by atoms with Crippen molar-refractivity contribution >= 4 is 16.7 Å². The van der Waals surface area contributed by atoms with Gasteiger partial charge in [0.15, 0.2) is 5.69 Å². The number of fused-ring (bicyclic) bond motifs is 1. The maximum atomic E-state index is 11.1. The molecular weight excluding hydrogens is 230 g/mol. The van der Waals surface area contributed by atoms with Crippen LogP contribution >= 0.6 is 0 Å². The average molecular weight is 239 g/mol. The molecule has 0 unspecified atom stereocenters. The van der Waals surface area contributed by atoms with E-state index in [4.69, 9.17) is 5.11 Å². The van der Waals surface area contributed by atoms with E-state index in [1.165, 1.54) is 0 Å². The summed E-state index contributed by atoms with van der Waals surface area (Å²) in [6, 6.07) is 9.10. The lowest BCUT2D eigenvalue weighted by Gasteiger charge is -2.07. The molecule has 0 aliphatic heterocycles. The van der Waals surface area contributed by atoms with Crippen LogP contribution in [0.4, 0.5) is 0 Å². The van der Waals surface area contributed by atoms with Crippen LogP contribution in [0.15, 0.2) is 49.1 Å². The Hall–Kier alpha value is -2.69. The zero-order valence-electron chi connectivity index (χ0n) is 9.32. The van der Waals surface area contributed by atoms with Crippen LogP contribution in [-0.4, -0.2) is 25.6 Å². The topological polar surface area (TPSA) is 68.0 Å². The first kappa shape index (κ1) is 10.5. The molecule has 88 valence electrons. The monoisotopic (exact) mass is 239 g/mol. The molecule has 0 saturated heterocycles. The van der Waals surface area contributed by atoms with E-state index < -0.39 is 5.97 Å². The van der Waals surface area contributed by atoms with E-state index in [1.54, 1.807) is 29.4 Å². The Morgan fingerprint density at radius 3 is 2.83 bits per heavy atom. The third-order valence-corrected chi connectivity index (χ3v) is 2.69. The number of rotatable bonds is 2. The Labute approximate surface area is 102 Å². The van der Waals surface area contributed by atoms with Gasteiger partial charge in [0.1, 0.15) is 12.1 Å². The quantitative estimate of drug-likeness (QED) is 0.743. The first-order chi connectivity index (χ1) is 8.75. The molecule has 3 rings (SSSR count). The number of aromatic nitrogens is 3. The summed E-state index contributed by atoms with van der Waals surface area (Å²) in [4.78, 5) is 19.2.